The second-order valence-corrected chi connectivity index (χ2v) is 7.60. The second-order valence-electron chi connectivity index (χ2n) is 7.60. The molecular formula is C24H27N5O2. The van der Waals surface area contributed by atoms with E-state index in [9.17, 15) is 9.59 Å². The summed E-state index contributed by atoms with van der Waals surface area (Å²) in [6.07, 6.45) is 5.86. The van der Waals surface area contributed by atoms with Crippen molar-refractivity contribution in [3.63, 3.8) is 0 Å². The molecule has 0 saturated heterocycles. The lowest BCUT2D eigenvalue weighted by Crippen LogP contribution is -2.28. The molecule has 2 aromatic heterocycles. The number of nitrogens with zero attached hydrogens (tertiary/aromatic N) is 3. The van der Waals surface area contributed by atoms with Crippen molar-refractivity contribution in [2.45, 2.75) is 33.7 Å². The van der Waals surface area contributed by atoms with Crippen LogP contribution in [-0.4, -0.2) is 33.4 Å². The highest BCUT2D eigenvalue weighted by Gasteiger charge is 2.19. The molecule has 7 heteroatoms. The largest absolute Gasteiger partial charge is 0.323 e. The number of Topliss-reactive ketones (excluding diaryl/α,β-unsaturated/α-hetero) is 1. The zero-order valence-corrected chi connectivity index (χ0v) is 18.1. The molecule has 1 amide bonds. The van der Waals surface area contributed by atoms with Crippen molar-refractivity contribution in [3.8, 4) is 11.1 Å². The van der Waals surface area contributed by atoms with Crippen molar-refractivity contribution in [1.82, 2.24) is 20.5 Å². The highest BCUT2D eigenvalue weighted by molar-refractivity contribution is 6.05. The summed E-state index contributed by atoms with van der Waals surface area (Å²) < 4.78 is 0. The maximum atomic E-state index is 12.7. The summed E-state index contributed by atoms with van der Waals surface area (Å²) in [6, 6.07) is 11.8. The monoisotopic (exact) mass is 417 g/mol. The van der Waals surface area contributed by atoms with Gasteiger partial charge in [-0.3, -0.25) is 14.6 Å². The van der Waals surface area contributed by atoms with Crippen molar-refractivity contribution in [1.29, 1.82) is 0 Å². The summed E-state index contributed by atoms with van der Waals surface area (Å²) in [6.45, 7) is 6.32. The molecule has 0 saturated carbocycles. The third-order valence-electron chi connectivity index (χ3n) is 4.85. The molecule has 7 nitrogen and oxygen atoms in total. The number of rotatable bonds is 9. The van der Waals surface area contributed by atoms with E-state index in [1.165, 1.54) is 5.56 Å². The van der Waals surface area contributed by atoms with E-state index in [4.69, 9.17) is 0 Å². The zero-order valence-electron chi connectivity index (χ0n) is 18.1. The van der Waals surface area contributed by atoms with E-state index < -0.39 is 0 Å². The Morgan fingerprint density at radius 3 is 2.55 bits per heavy atom. The van der Waals surface area contributed by atoms with E-state index in [1.807, 2.05) is 38.1 Å². The van der Waals surface area contributed by atoms with Crippen LogP contribution >= 0.6 is 0 Å². The number of ketones is 1. The summed E-state index contributed by atoms with van der Waals surface area (Å²) in [5.74, 6) is -0.587. The molecule has 0 aliphatic heterocycles. The zero-order chi connectivity index (χ0) is 22.2. The summed E-state index contributed by atoms with van der Waals surface area (Å²) in [5, 5.41) is 13.5. The quantitative estimate of drug-likeness (QED) is 0.516. The highest BCUT2D eigenvalue weighted by Crippen LogP contribution is 2.26. The smallest absolute Gasteiger partial charge is 0.238 e. The lowest BCUT2D eigenvalue weighted by atomic mass is 10.00. The fraction of sp³-hybridized carbons (Fsp3) is 0.292. The maximum absolute atomic E-state index is 12.7. The van der Waals surface area contributed by atoms with Crippen molar-refractivity contribution in [3.05, 3.63) is 71.8 Å². The molecule has 0 radical (unpaired) electrons. The lowest BCUT2D eigenvalue weighted by Gasteiger charge is -2.14. The SMILES string of the molecule is CCc1cccc(-c2cnc(C(=O)C(C)C)c(NC(=O)CNCc3ccnnc3)c2)c1. The fourth-order valence-corrected chi connectivity index (χ4v) is 3.10. The Hall–Kier alpha value is -3.45. The number of amides is 1. The van der Waals surface area contributed by atoms with Crippen LogP contribution in [0, 0.1) is 5.92 Å². The van der Waals surface area contributed by atoms with Gasteiger partial charge >= 0.3 is 0 Å². The molecule has 0 atom stereocenters. The Bertz CT molecular complexity index is 1050. The van der Waals surface area contributed by atoms with E-state index in [0.29, 0.717) is 12.2 Å². The van der Waals surface area contributed by atoms with Gasteiger partial charge in [0.1, 0.15) is 5.69 Å². The number of pyridine rings is 1. The molecular weight excluding hydrogens is 390 g/mol. The summed E-state index contributed by atoms with van der Waals surface area (Å²) in [4.78, 5) is 29.6. The Morgan fingerprint density at radius 1 is 1.00 bits per heavy atom. The van der Waals surface area contributed by atoms with Crippen LogP contribution in [0.5, 0.6) is 0 Å². The molecule has 2 heterocycles. The van der Waals surface area contributed by atoms with Crippen LogP contribution in [0.25, 0.3) is 11.1 Å². The molecule has 0 unspecified atom stereocenters. The lowest BCUT2D eigenvalue weighted by molar-refractivity contribution is -0.115. The molecule has 0 bridgehead atoms. The van der Waals surface area contributed by atoms with E-state index in [0.717, 1.165) is 23.1 Å². The van der Waals surface area contributed by atoms with Crippen molar-refractivity contribution in [2.75, 3.05) is 11.9 Å². The Morgan fingerprint density at radius 2 is 1.84 bits per heavy atom. The third kappa shape index (κ3) is 6.02. The number of anilines is 1. The topological polar surface area (TPSA) is 96.9 Å². The summed E-state index contributed by atoms with van der Waals surface area (Å²) in [7, 11) is 0. The first-order chi connectivity index (χ1) is 15.0. The first-order valence-corrected chi connectivity index (χ1v) is 10.4. The van der Waals surface area contributed by atoms with Crippen LogP contribution in [0.3, 0.4) is 0 Å². The van der Waals surface area contributed by atoms with Gasteiger partial charge in [-0.2, -0.15) is 10.2 Å². The van der Waals surface area contributed by atoms with E-state index in [2.05, 4.69) is 44.9 Å². The van der Waals surface area contributed by atoms with Crippen LogP contribution < -0.4 is 10.6 Å². The van der Waals surface area contributed by atoms with Gasteiger partial charge in [0, 0.05) is 30.4 Å². The van der Waals surface area contributed by atoms with Gasteiger partial charge in [-0.1, -0.05) is 45.0 Å². The van der Waals surface area contributed by atoms with Crippen LogP contribution in [-0.2, 0) is 17.8 Å². The van der Waals surface area contributed by atoms with Gasteiger partial charge in [0.2, 0.25) is 5.91 Å². The van der Waals surface area contributed by atoms with Crippen LogP contribution in [0.4, 0.5) is 5.69 Å². The minimum atomic E-state index is -0.249. The van der Waals surface area contributed by atoms with Crippen molar-refractivity contribution < 1.29 is 9.59 Å². The average Bonchev–Trinajstić information content (AvgIpc) is 2.79. The number of hydrogen-bond acceptors (Lipinski definition) is 6. The number of hydrogen-bond donors (Lipinski definition) is 2. The second kappa shape index (κ2) is 10.5. The number of nitrogens with one attached hydrogen (secondary N) is 2. The fourth-order valence-electron chi connectivity index (χ4n) is 3.10. The van der Waals surface area contributed by atoms with Crippen molar-refractivity contribution in [2.24, 2.45) is 5.92 Å². The molecule has 0 aliphatic rings. The van der Waals surface area contributed by atoms with Gasteiger partial charge in [-0.25, -0.2) is 0 Å². The summed E-state index contributed by atoms with van der Waals surface area (Å²) in [5.41, 5.74) is 4.68. The van der Waals surface area contributed by atoms with E-state index >= 15 is 0 Å². The predicted octanol–water partition coefficient (Wildman–Crippen LogP) is 3.67. The molecule has 0 spiro atoms. The standard InChI is InChI=1S/C24H27N5O2/c1-4-17-6-5-7-19(10-17)20-11-21(23(26-14-20)24(31)16(2)3)29-22(30)15-25-12-18-8-9-27-28-13-18/h5-11,13-14,16,25H,4,12,15H2,1-3H3,(H,29,30). The Balaban J connectivity index is 1.79. The number of carbonyl (C=O) groups excluding carboxylic acids is 2. The van der Waals surface area contributed by atoms with Crippen molar-refractivity contribution >= 4 is 17.4 Å². The average molecular weight is 418 g/mol. The molecule has 3 rings (SSSR count). The third-order valence-corrected chi connectivity index (χ3v) is 4.85. The minimum Gasteiger partial charge on any atom is -0.323 e. The van der Waals surface area contributed by atoms with Gasteiger partial charge in [0.05, 0.1) is 18.4 Å². The maximum Gasteiger partial charge on any atom is 0.238 e. The highest BCUT2D eigenvalue weighted by atomic mass is 16.2. The normalized spacial score (nSPS) is 10.8. The Labute approximate surface area is 182 Å². The van der Waals surface area contributed by atoms with Gasteiger partial charge in [0.15, 0.2) is 5.78 Å². The minimum absolute atomic E-state index is 0.0905. The van der Waals surface area contributed by atoms with Crippen LogP contribution in [0.2, 0.25) is 0 Å². The number of aryl methyl sites for hydroxylation is 1. The number of aromatic nitrogens is 3. The van der Waals surface area contributed by atoms with Gasteiger partial charge < -0.3 is 10.6 Å². The number of benzene rings is 1. The molecule has 160 valence electrons. The summed E-state index contributed by atoms with van der Waals surface area (Å²) >= 11 is 0. The van der Waals surface area contributed by atoms with E-state index in [-0.39, 0.29) is 29.8 Å². The molecule has 31 heavy (non-hydrogen) atoms. The van der Waals surface area contributed by atoms with Gasteiger partial charge in [-0.15, -0.1) is 0 Å². The first kappa shape index (κ1) is 22.2. The van der Waals surface area contributed by atoms with Crippen LogP contribution in [0.1, 0.15) is 42.4 Å². The van der Waals surface area contributed by atoms with Gasteiger partial charge in [-0.05, 0) is 35.2 Å². The first-order valence-electron chi connectivity index (χ1n) is 10.4. The molecule has 0 aliphatic carbocycles. The van der Waals surface area contributed by atoms with Crippen LogP contribution in [0.15, 0.2) is 55.0 Å². The molecule has 0 fully saturated rings. The molecule has 1 aromatic carbocycles. The predicted molar refractivity (Wildman–Crippen MR) is 121 cm³/mol. The molecule has 3 aromatic rings. The van der Waals surface area contributed by atoms with Gasteiger partial charge in [0.25, 0.3) is 0 Å². The number of carbonyl (C=O) groups is 2. The van der Waals surface area contributed by atoms with E-state index in [1.54, 1.807) is 18.6 Å². The Kier molecular flexibility index (Phi) is 7.56. The molecule has 2 N–H and O–H groups in total.